The summed E-state index contributed by atoms with van der Waals surface area (Å²) in [7, 11) is 5.75. The standard InChI is InChI=1S/C15H26N6O2/c1-19-6-7-20(2)9-11-21(10-8-19)15(22)18-13-4-5-16-14(17-13)12-23-3/h4-5H,6-12H2,1-3H3,(H,16,17,18,22). The molecular weight excluding hydrogens is 296 g/mol. The Balaban J connectivity index is 1.98. The lowest BCUT2D eigenvalue weighted by atomic mass is 10.4. The van der Waals surface area contributed by atoms with Gasteiger partial charge in [0.2, 0.25) is 0 Å². The van der Waals surface area contributed by atoms with Crippen LogP contribution in [0.1, 0.15) is 5.82 Å². The van der Waals surface area contributed by atoms with Gasteiger partial charge in [0.15, 0.2) is 5.82 Å². The van der Waals surface area contributed by atoms with Gasteiger partial charge in [-0.15, -0.1) is 0 Å². The molecule has 1 aliphatic heterocycles. The lowest BCUT2D eigenvalue weighted by Crippen LogP contribution is -2.41. The molecule has 2 rings (SSSR count). The van der Waals surface area contributed by atoms with Gasteiger partial charge in [-0.05, 0) is 20.2 Å². The summed E-state index contributed by atoms with van der Waals surface area (Å²) in [5.74, 6) is 1.05. The van der Waals surface area contributed by atoms with E-state index in [1.165, 1.54) is 0 Å². The van der Waals surface area contributed by atoms with Crippen LogP contribution in [0, 0.1) is 0 Å². The first kappa shape index (κ1) is 17.6. The molecular formula is C15H26N6O2. The minimum Gasteiger partial charge on any atom is -0.377 e. The molecule has 1 N–H and O–H groups in total. The van der Waals surface area contributed by atoms with Crippen molar-refractivity contribution in [1.29, 1.82) is 0 Å². The fourth-order valence-corrected chi connectivity index (χ4v) is 2.32. The van der Waals surface area contributed by atoms with Crippen LogP contribution in [-0.2, 0) is 11.3 Å². The van der Waals surface area contributed by atoms with E-state index >= 15 is 0 Å². The molecule has 23 heavy (non-hydrogen) atoms. The number of hydrogen-bond donors (Lipinski definition) is 1. The van der Waals surface area contributed by atoms with Crippen molar-refractivity contribution < 1.29 is 9.53 Å². The highest BCUT2D eigenvalue weighted by Gasteiger charge is 2.17. The van der Waals surface area contributed by atoms with Crippen LogP contribution < -0.4 is 5.32 Å². The number of anilines is 1. The monoisotopic (exact) mass is 322 g/mol. The second-order valence-electron chi connectivity index (χ2n) is 5.81. The summed E-state index contributed by atoms with van der Waals surface area (Å²) in [4.78, 5) is 27.2. The fraction of sp³-hybridized carbons (Fsp3) is 0.667. The molecule has 0 atom stereocenters. The molecule has 1 aliphatic rings. The lowest BCUT2D eigenvalue weighted by Gasteiger charge is -2.24. The van der Waals surface area contributed by atoms with Gasteiger partial charge < -0.3 is 19.4 Å². The molecule has 1 fully saturated rings. The first-order valence-corrected chi connectivity index (χ1v) is 7.82. The first-order valence-electron chi connectivity index (χ1n) is 7.82. The Morgan fingerprint density at radius 2 is 1.78 bits per heavy atom. The predicted octanol–water partition coefficient (Wildman–Crippen LogP) is 0.334. The van der Waals surface area contributed by atoms with Crippen molar-refractivity contribution in [2.75, 3.05) is 65.8 Å². The van der Waals surface area contributed by atoms with Crippen molar-refractivity contribution in [1.82, 2.24) is 24.7 Å². The van der Waals surface area contributed by atoms with Crippen LogP contribution in [-0.4, -0.2) is 91.2 Å². The van der Waals surface area contributed by atoms with Gasteiger partial charge in [0, 0.05) is 52.6 Å². The molecule has 0 bridgehead atoms. The van der Waals surface area contributed by atoms with Gasteiger partial charge in [-0.3, -0.25) is 5.32 Å². The van der Waals surface area contributed by atoms with Crippen LogP contribution >= 0.6 is 0 Å². The van der Waals surface area contributed by atoms with E-state index in [-0.39, 0.29) is 6.03 Å². The van der Waals surface area contributed by atoms with Crippen LogP contribution in [0.4, 0.5) is 10.6 Å². The highest BCUT2D eigenvalue weighted by molar-refractivity contribution is 5.88. The van der Waals surface area contributed by atoms with Gasteiger partial charge in [-0.25, -0.2) is 14.8 Å². The van der Waals surface area contributed by atoms with Gasteiger partial charge in [-0.1, -0.05) is 0 Å². The fourth-order valence-electron chi connectivity index (χ4n) is 2.32. The van der Waals surface area contributed by atoms with Crippen LogP contribution in [0.3, 0.4) is 0 Å². The number of carbonyl (C=O) groups excluding carboxylic acids is 1. The second kappa shape index (κ2) is 8.76. The Bertz CT molecular complexity index is 498. The van der Waals surface area contributed by atoms with Gasteiger partial charge in [0.05, 0.1) is 0 Å². The third kappa shape index (κ3) is 5.74. The van der Waals surface area contributed by atoms with Crippen molar-refractivity contribution in [2.45, 2.75) is 6.61 Å². The summed E-state index contributed by atoms with van der Waals surface area (Å²) in [5.41, 5.74) is 0. The molecule has 2 heterocycles. The maximum Gasteiger partial charge on any atom is 0.323 e. The van der Waals surface area contributed by atoms with Crippen molar-refractivity contribution in [2.24, 2.45) is 0 Å². The zero-order valence-electron chi connectivity index (χ0n) is 14.2. The maximum absolute atomic E-state index is 12.5. The number of carbonyl (C=O) groups is 1. The summed E-state index contributed by atoms with van der Waals surface area (Å²) < 4.78 is 5.01. The topological polar surface area (TPSA) is 73.8 Å². The van der Waals surface area contributed by atoms with E-state index in [2.05, 4.69) is 39.2 Å². The van der Waals surface area contributed by atoms with E-state index < -0.39 is 0 Å². The summed E-state index contributed by atoms with van der Waals surface area (Å²) in [6, 6.07) is 1.56. The second-order valence-corrected chi connectivity index (χ2v) is 5.81. The molecule has 0 aliphatic carbocycles. The van der Waals surface area contributed by atoms with E-state index in [0.29, 0.717) is 31.3 Å². The Labute approximate surface area is 137 Å². The largest absolute Gasteiger partial charge is 0.377 e. The van der Waals surface area contributed by atoms with E-state index in [9.17, 15) is 4.79 Å². The summed E-state index contributed by atoms with van der Waals surface area (Å²) in [6.07, 6.45) is 1.62. The molecule has 0 unspecified atom stereocenters. The van der Waals surface area contributed by atoms with Crippen LogP contribution in [0.2, 0.25) is 0 Å². The highest BCUT2D eigenvalue weighted by atomic mass is 16.5. The average Bonchev–Trinajstić information content (AvgIpc) is 2.60. The number of likely N-dealkylation sites (N-methyl/N-ethyl adjacent to an activating group) is 2. The summed E-state index contributed by atoms with van der Waals surface area (Å²) >= 11 is 0. The number of nitrogens with zero attached hydrogens (tertiary/aromatic N) is 5. The smallest absolute Gasteiger partial charge is 0.323 e. The van der Waals surface area contributed by atoms with Crippen molar-refractivity contribution in [3.05, 3.63) is 18.1 Å². The van der Waals surface area contributed by atoms with Crippen LogP contribution in [0.15, 0.2) is 12.3 Å². The number of ether oxygens (including phenoxy) is 1. The van der Waals surface area contributed by atoms with E-state index in [1.807, 2.05) is 4.90 Å². The van der Waals surface area contributed by atoms with Crippen molar-refractivity contribution >= 4 is 11.8 Å². The SMILES string of the molecule is COCc1nccc(NC(=O)N2CCN(C)CCN(C)CC2)n1. The number of aromatic nitrogens is 2. The molecule has 128 valence electrons. The number of nitrogens with one attached hydrogen (secondary N) is 1. The zero-order valence-corrected chi connectivity index (χ0v) is 14.2. The molecule has 0 saturated carbocycles. The molecule has 1 saturated heterocycles. The molecule has 2 amide bonds. The molecule has 0 spiro atoms. The quantitative estimate of drug-likeness (QED) is 0.865. The highest BCUT2D eigenvalue weighted by Crippen LogP contribution is 2.06. The van der Waals surface area contributed by atoms with Gasteiger partial charge in [0.25, 0.3) is 0 Å². The van der Waals surface area contributed by atoms with Crippen molar-refractivity contribution in [3.63, 3.8) is 0 Å². The number of rotatable bonds is 3. The lowest BCUT2D eigenvalue weighted by molar-refractivity contribution is 0.178. The van der Waals surface area contributed by atoms with Gasteiger partial charge in [0.1, 0.15) is 12.4 Å². The zero-order chi connectivity index (χ0) is 16.7. The summed E-state index contributed by atoms with van der Waals surface area (Å²) in [5, 5.41) is 2.85. The Hall–Kier alpha value is -1.77. The maximum atomic E-state index is 12.5. The molecule has 1 aromatic rings. The number of hydrogen-bond acceptors (Lipinski definition) is 6. The number of amides is 2. The Morgan fingerprint density at radius 1 is 1.17 bits per heavy atom. The van der Waals surface area contributed by atoms with Crippen molar-refractivity contribution in [3.8, 4) is 0 Å². The normalized spacial score (nSPS) is 18.1. The molecule has 8 heteroatoms. The van der Waals surface area contributed by atoms with Gasteiger partial charge in [-0.2, -0.15) is 0 Å². The predicted molar refractivity (Wildman–Crippen MR) is 88.3 cm³/mol. The minimum absolute atomic E-state index is 0.129. The van der Waals surface area contributed by atoms with E-state index in [1.54, 1.807) is 19.4 Å². The Kier molecular flexibility index (Phi) is 6.69. The molecule has 8 nitrogen and oxygen atoms in total. The first-order chi connectivity index (χ1) is 11.1. The molecule has 0 radical (unpaired) electrons. The minimum atomic E-state index is -0.129. The Morgan fingerprint density at radius 3 is 2.39 bits per heavy atom. The molecule has 0 aromatic carbocycles. The van der Waals surface area contributed by atoms with Crippen LogP contribution in [0.5, 0.6) is 0 Å². The average molecular weight is 322 g/mol. The number of urea groups is 1. The summed E-state index contributed by atoms with van der Waals surface area (Å²) in [6.45, 7) is 5.47. The third-order valence-electron chi connectivity index (χ3n) is 3.87. The van der Waals surface area contributed by atoms with Crippen LogP contribution in [0.25, 0.3) is 0 Å². The van der Waals surface area contributed by atoms with E-state index in [0.717, 1.165) is 26.2 Å². The molecule has 1 aromatic heterocycles. The number of methoxy groups -OCH3 is 1. The van der Waals surface area contributed by atoms with Gasteiger partial charge >= 0.3 is 6.03 Å². The van der Waals surface area contributed by atoms with E-state index in [4.69, 9.17) is 4.74 Å². The third-order valence-corrected chi connectivity index (χ3v) is 3.87.